The molecule has 0 spiro atoms. The lowest BCUT2D eigenvalue weighted by Gasteiger charge is -2.22. The second kappa shape index (κ2) is 8.66. The standard InChI is InChI=1S/C21H25N3O3/c1-16-5-2-3-6-17(16)7-8-20(26)23-9-4-10-24(12-11-23)21(27)18-13-19(25)15-22-14-18/h2-3,5-6,13-15,25H,4,7-12H2,1H3. The van der Waals surface area contributed by atoms with Gasteiger partial charge in [-0.05, 0) is 37.0 Å². The Hall–Kier alpha value is -2.89. The van der Waals surface area contributed by atoms with Gasteiger partial charge in [-0.25, -0.2) is 0 Å². The average molecular weight is 367 g/mol. The molecule has 1 aliphatic heterocycles. The molecular weight excluding hydrogens is 342 g/mol. The molecule has 1 aliphatic rings. The lowest BCUT2D eigenvalue weighted by molar-refractivity contribution is -0.131. The minimum Gasteiger partial charge on any atom is -0.506 e. The third kappa shape index (κ3) is 4.84. The molecule has 1 N–H and O–H groups in total. The van der Waals surface area contributed by atoms with Crippen LogP contribution >= 0.6 is 0 Å². The molecule has 0 bridgehead atoms. The summed E-state index contributed by atoms with van der Waals surface area (Å²) < 4.78 is 0. The number of benzene rings is 1. The van der Waals surface area contributed by atoms with Crippen LogP contribution in [-0.4, -0.2) is 57.9 Å². The largest absolute Gasteiger partial charge is 0.506 e. The quantitative estimate of drug-likeness (QED) is 0.901. The summed E-state index contributed by atoms with van der Waals surface area (Å²) in [6, 6.07) is 9.55. The summed E-state index contributed by atoms with van der Waals surface area (Å²) in [5, 5.41) is 9.52. The van der Waals surface area contributed by atoms with E-state index in [0.29, 0.717) is 38.2 Å². The van der Waals surface area contributed by atoms with E-state index in [1.165, 1.54) is 29.6 Å². The van der Waals surface area contributed by atoms with Gasteiger partial charge in [0.25, 0.3) is 5.91 Å². The van der Waals surface area contributed by atoms with E-state index in [4.69, 9.17) is 0 Å². The lowest BCUT2D eigenvalue weighted by Crippen LogP contribution is -2.37. The van der Waals surface area contributed by atoms with Crippen molar-refractivity contribution in [2.75, 3.05) is 26.2 Å². The molecule has 0 atom stereocenters. The van der Waals surface area contributed by atoms with Crippen LogP contribution in [0.5, 0.6) is 5.75 Å². The Morgan fingerprint density at radius 2 is 1.81 bits per heavy atom. The molecule has 1 aromatic carbocycles. The minimum absolute atomic E-state index is 0.0244. The van der Waals surface area contributed by atoms with E-state index in [-0.39, 0.29) is 17.6 Å². The minimum atomic E-state index is -0.160. The van der Waals surface area contributed by atoms with Crippen molar-refractivity contribution in [2.45, 2.75) is 26.2 Å². The molecule has 2 aromatic rings. The highest BCUT2D eigenvalue weighted by atomic mass is 16.3. The van der Waals surface area contributed by atoms with Crippen molar-refractivity contribution in [3.8, 4) is 5.75 Å². The molecule has 6 nitrogen and oxygen atoms in total. The number of amides is 2. The number of hydrogen-bond acceptors (Lipinski definition) is 4. The maximum Gasteiger partial charge on any atom is 0.255 e. The summed E-state index contributed by atoms with van der Waals surface area (Å²) in [5.41, 5.74) is 2.78. The van der Waals surface area contributed by atoms with Crippen molar-refractivity contribution in [1.29, 1.82) is 0 Å². The summed E-state index contributed by atoms with van der Waals surface area (Å²) in [5.74, 6) is -0.0529. The number of pyridine rings is 1. The maximum absolute atomic E-state index is 12.6. The van der Waals surface area contributed by atoms with Gasteiger partial charge in [-0.3, -0.25) is 14.6 Å². The summed E-state index contributed by atoms with van der Waals surface area (Å²) in [6.07, 6.45) is 4.72. The lowest BCUT2D eigenvalue weighted by atomic mass is 10.0. The normalized spacial score (nSPS) is 14.7. The van der Waals surface area contributed by atoms with Crippen LogP contribution in [0.4, 0.5) is 0 Å². The predicted octanol–water partition coefficient (Wildman–Crippen LogP) is 2.40. The summed E-state index contributed by atoms with van der Waals surface area (Å²) >= 11 is 0. The van der Waals surface area contributed by atoms with Gasteiger partial charge in [0.1, 0.15) is 5.75 Å². The SMILES string of the molecule is Cc1ccccc1CCC(=O)N1CCCN(C(=O)c2cncc(O)c2)CC1. The van der Waals surface area contributed by atoms with Crippen molar-refractivity contribution >= 4 is 11.8 Å². The van der Waals surface area contributed by atoms with E-state index < -0.39 is 0 Å². The topological polar surface area (TPSA) is 73.7 Å². The fourth-order valence-electron chi connectivity index (χ4n) is 3.39. The molecule has 3 rings (SSSR count). The Bertz CT molecular complexity index is 822. The first-order chi connectivity index (χ1) is 13.0. The van der Waals surface area contributed by atoms with Crippen LogP contribution in [0.25, 0.3) is 0 Å². The summed E-state index contributed by atoms with van der Waals surface area (Å²) in [4.78, 5) is 32.7. The number of rotatable bonds is 4. The van der Waals surface area contributed by atoms with Gasteiger partial charge in [-0.1, -0.05) is 24.3 Å². The van der Waals surface area contributed by atoms with Gasteiger partial charge >= 0.3 is 0 Å². The Morgan fingerprint density at radius 3 is 2.59 bits per heavy atom. The van der Waals surface area contributed by atoms with Crippen LogP contribution in [0, 0.1) is 6.92 Å². The van der Waals surface area contributed by atoms with Gasteiger partial charge in [0.15, 0.2) is 0 Å². The Labute approximate surface area is 159 Å². The number of nitrogens with zero attached hydrogens (tertiary/aromatic N) is 3. The van der Waals surface area contributed by atoms with Gasteiger partial charge in [-0.2, -0.15) is 0 Å². The molecule has 0 saturated carbocycles. The molecule has 0 aliphatic carbocycles. The van der Waals surface area contributed by atoms with Crippen LogP contribution in [0.15, 0.2) is 42.7 Å². The Balaban J connectivity index is 1.55. The number of aromatic hydroxyl groups is 1. The molecule has 0 unspecified atom stereocenters. The first-order valence-electron chi connectivity index (χ1n) is 9.30. The maximum atomic E-state index is 12.6. The molecule has 1 saturated heterocycles. The average Bonchev–Trinajstić information content (AvgIpc) is 2.93. The van der Waals surface area contributed by atoms with Gasteiger partial charge < -0.3 is 14.9 Å². The molecule has 0 radical (unpaired) electrons. The van der Waals surface area contributed by atoms with E-state index in [2.05, 4.69) is 24.0 Å². The number of aromatic nitrogens is 1. The van der Waals surface area contributed by atoms with Gasteiger partial charge in [-0.15, -0.1) is 0 Å². The fourth-order valence-corrected chi connectivity index (χ4v) is 3.39. The highest BCUT2D eigenvalue weighted by molar-refractivity contribution is 5.94. The van der Waals surface area contributed by atoms with Crippen molar-refractivity contribution in [3.63, 3.8) is 0 Å². The van der Waals surface area contributed by atoms with Gasteiger partial charge in [0, 0.05) is 38.8 Å². The smallest absolute Gasteiger partial charge is 0.255 e. The zero-order valence-electron chi connectivity index (χ0n) is 15.6. The molecule has 1 fully saturated rings. The zero-order chi connectivity index (χ0) is 19.2. The first kappa shape index (κ1) is 18.9. The van der Waals surface area contributed by atoms with Crippen LogP contribution in [0.2, 0.25) is 0 Å². The summed E-state index contributed by atoms with van der Waals surface area (Å²) in [7, 11) is 0. The van der Waals surface area contributed by atoms with Crippen molar-refractivity contribution in [3.05, 3.63) is 59.4 Å². The fraction of sp³-hybridized carbons (Fsp3) is 0.381. The molecule has 1 aromatic heterocycles. The Kier molecular flexibility index (Phi) is 6.06. The third-order valence-corrected chi connectivity index (χ3v) is 4.98. The molecule has 2 amide bonds. The Morgan fingerprint density at radius 1 is 1.07 bits per heavy atom. The van der Waals surface area contributed by atoms with Gasteiger partial charge in [0.05, 0.1) is 11.8 Å². The molecule has 27 heavy (non-hydrogen) atoms. The second-order valence-corrected chi connectivity index (χ2v) is 6.88. The summed E-state index contributed by atoms with van der Waals surface area (Å²) in [6.45, 7) is 4.34. The zero-order valence-corrected chi connectivity index (χ0v) is 15.6. The molecule has 6 heteroatoms. The molecule has 142 valence electrons. The van der Waals surface area contributed by atoms with Crippen LogP contribution in [0.1, 0.15) is 34.3 Å². The number of aryl methyl sites for hydroxylation is 2. The van der Waals surface area contributed by atoms with E-state index in [9.17, 15) is 14.7 Å². The van der Waals surface area contributed by atoms with Crippen molar-refractivity contribution in [2.24, 2.45) is 0 Å². The van der Waals surface area contributed by atoms with Crippen molar-refractivity contribution < 1.29 is 14.7 Å². The molecule has 2 heterocycles. The highest BCUT2D eigenvalue weighted by Crippen LogP contribution is 2.15. The van der Waals surface area contributed by atoms with Crippen LogP contribution in [0.3, 0.4) is 0 Å². The molecular formula is C21H25N3O3. The van der Waals surface area contributed by atoms with E-state index in [1.807, 2.05) is 17.0 Å². The van der Waals surface area contributed by atoms with Crippen LogP contribution < -0.4 is 0 Å². The monoisotopic (exact) mass is 367 g/mol. The predicted molar refractivity (Wildman–Crippen MR) is 103 cm³/mol. The number of carbonyl (C=O) groups is 2. The van der Waals surface area contributed by atoms with Crippen molar-refractivity contribution in [1.82, 2.24) is 14.8 Å². The highest BCUT2D eigenvalue weighted by Gasteiger charge is 2.23. The third-order valence-electron chi connectivity index (χ3n) is 4.98. The van der Waals surface area contributed by atoms with E-state index in [1.54, 1.807) is 4.90 Å². The number of hydrogen-bond donors (Lipinski definition) is 1. The van der Waals surface area contributed by atoms with Crippen LogP contribution in [-0.2, 0) is 11.2 Å². The first-order valence-corrected chi connectivity index (χ1v) is 9.30. The number of carbonyl (C=O) groups excluding carboxylic acids is 2. The van der Waals surface area contributed by atoms with Gasteiger partial charge in [0.2, 0.25) is 5.91 Å². The second-order valence-electron chi connectivity index (χ2n) is 6.88. The van der Waals surface area contributed by atoms with E-state index >= 15 is 0 Å². The van der Waals surface area contributed by atoms with E-state index in [0.717, 1.165) is 12.8 Å².